The summed E-state index contributed by atoms with van der Waals surface area (Å²) in [4.78, 5) is 12.8. The Morgan fingerprint density at radius 3 is 2.89 bits per heavy atom. The Kier molecular flexibility index (Phi) is 3.50. The van der Waals surface area contributed by atoms with Crippen LogP contribution in [0.15, 0.2) is 22.7 Å². The molecule has 1 aromatic heterocycles. The normalized spacial score (nSPS) is 15.4. The molecule has 1 amide bonds. The molecule has 3 nitrogen and oxygen atoms in total. The van der Waals surface area contributed by atoms with Crippen LogP contribution in [0.2, 0.25) is 0 Å². The van der Waals surface area contributed by atoms with E-state index in [4.69, 9.17) is 5.73 Å². The average Bonchev–Trinajstić information content (AvgIpc) is 2.66. The number of nitrogens with two attached hydrogens (primary N) is 1. The topological polar surface area (TPSA) is 55.1 Å². The number of benzene rings is 1. The summed E-state index contributed by atoms with van der Waals surface area (Å²) in [6.45, 7) is 0.772. The average molecular weight is 339 g/mol. The van der Waals surface area contributed by atoms with Gasteiger partial charge in [0.2, 0.25) is 0 Å². The van der Waals surface area contributed by atoms with Crippen LogP contribution in [0.3, 0.4) is 0 Å². The van der Waals surface area contributed by atoms with Crippen molar-refractivity contribution in [3.8, 4) is 0 Å². The molecule has 100 valence electrons. The Balaban J connectivity index is 1.85. The van der Waals surface area contributed by atoms with Gasteiger partial charge in [-0.1, -0.05) is 28.4 Å². The molecule has 0 bridgehead atoms. The highest BCUT2D eigenvalue weighted by atomic mass is 79.9. The molecular weight excluding hydrogens is 324 g/mol. The monoisotopic (exact) mass is 338 g/mol. The lowest BCUT2D eigenvalue weighted by atomic mass is 9.85. The number of fused-ring (bicyclic) bond motifs is 1. The number of hydrogen-bond acceptors (Lipinski definition) is 3. The van der Waals surface area contributed by atoms with Gasteiger partial charge in [0.05, 0.1) is 5.69 Å². The Morgan fingerprint density at radius 1 is 1.47 bits per heavy atom. The van der Waals surface area contributed by atoms with E-state index in [0.717, 1.165) is 21.1 Å². The quantitative estimate of drug-likeness (QED) is 0.894. The van der Waals surface area contributed by atoms with Gasteiger partial charge in [0.25, 0.3) is 5.91 Å². The van der Waals surface area contributed by atoms with Crippen LogP contribution in [0.1, 0.15) is 28.9 Å². The summed E-state index contributed by atoms with van der Waals surface area (Å²) >= 11 is 4.94. The van der Waals surface area contributed by atoms with E-state index < -0.39 is 0 Å². The fourth-order valence-corrected chi connectivity index (χ4v) is 4.09. The van der Waals surface area contributed by atoms with Gasteiger partial charge in [0, 0.05) is 21.1 Å². The molecule has 0 atom stereocenters. The number of hydrogen-bond donors (Lipinski definition) is 2. The number of anilines is 1. The van der Waals surface area contributed by atoms with Crippen molar-refractivity contribution < 1.29 is 4.79 Å². The molecule has 1 saturated carbocycles. The van der Waals surface area contributed by atoms with Gasteiger partial charge in [-0.05, 0) is 30.9 Å². The Bertz CT molecular complexity index is 634. The van der Waals surface area contributed by atoms with Crippen LogP contribution in [0.5, 0.6) is 0 Å². The third-order valence-electron chi connectivity index (χ3n) is 3.68. The first-order chi connectivity index (χ1) is 9.16. The molecule has 1 aliphatic rings. The van der Waals surface area contributed by atoms with Crippen molar-refractivity contribution in [1.29, 1.82) is 0 Å². The standard InChI is InChI=1S/C14H15BrN2OS/c15-9-5-2-6-10-11(9)12(16)13(19-10)14(18)17-7-8-3-1-4-8/h2,5-6,8H,1,3-4,7,16H2,(H,17,18). The SMILES string of the molecule is Nc1c(C(=O)NCC2CCC2)sc2cccc(Br)c12. The van der Waals surface area contributed by atoms with E-state index in [1.165, 1.54) is 30.6 Å². The molecule has 0 aliphatic heterocycles. The van der Waals surface area contributed by atoms with Crippen molar-refractivity contribution in [2.45, 2.75) is 19.3 Å². The molecule has 3 N–H and O–H groups in total. The van der Waals surface area contributed by atoms with Gasteiger partial charge < -0.3 is 11.1 Å². The van der Waals surface area contributed by atoms with Crippen molar-refractivity contribution in [1.82, 2.24) is 5.32 Å². The lowest BCUT2D eigenvalue weighted by Gasteiger charge is -2.25. The molecule has 0 saturated heterocycles. The van der Waals surface area contributed by atoms with E-state index in [2.05, 4.69) is 21.2 Å². The first-order valence-corrected chi connectivity index (χ1v) is 8.02. The van der Waals surface area contributed by atoms with Crippen LogP contribution >= 0.6 is 27.3 Å². The molecule has 0 spiro atoms. The molecule has 1 aliphatic carbocycles. The fourth-order valence-electron chi connectivity index (χ4n) is 2.31. The van der Waals surface area contributed by atoms with Crippen molar-refractivity contribution in [3.63, 3.8) is 0 Å². The van der Waals surface area contributed by atoms with E-state index in [0.29, 0.717) is 16.5 Å². The second kappa shape index (κ2) is 5.13. The van der Waals surface area contributed by atoms with Gasteiger partial charge in [-0.3, -0.25) is 4.79 Å². The Hall–Kier alpha value is -1.07. The number of rotatable bonds is 3. The summed E-state index contributed by atoms with van der Waals surface area (Å²) in [5, 5.41) is 3.94. The second-order valence-corrected chi connectivity index (χ2v) is 6.87. The van der Waals surface area contributed by atoms with Gasteiger partial charge in [-0.25, -0.2) is 0 Å². The lowest BCUT2D eigenvalue weighted by molar-refractivity contribution is 0.0944. The summed E-state index contributed by atoms with van der Waals surface area (Å²) in [7, 11) is 0. The van der Waals surface area contributed by atoms with Gasteiger partial charge in [-0.2, -0.15) is 0 Å². The highest BCUT2D eigenvalue weighted by Crippen LogP contribution is 2.38. The number of amides is 1. The van der Waals surface area contributed by atoms with Crippen molar-refractivity contribution in [2.75, 3.05) is 12.3 Å². The first-order valence-electron chi connectivity index (χ1n) is 6.41. The van der Waals surface area contributed by atoms with E-state index in [-0.39, 0.29) is 5.91 Å². The minimum absolute atomic E-state index is 0.0440. The van der Waals surface area contributed by atoms with E-state index in [1.54, 1.807) is 0 Å². The molecule has 2 aromatic rings. The lowest BCUT2D eigenvalue weighted by Crippen LogP contribution is -2.32. The summed E-state index contributed by atoms with van der Waals surface area (Å²) < 4.78 is 1.98. The van der Waals surface area contributed by atoms with Crippen molar-refractivity contribution in [2.24, 2.45) is 5.92 Å². The van der Waals surface area contributed by atoms with Crippen LogP contribution in [0.4, 0.5) is 5.69 Å². The van der Waals surface area contributed by atoms with Gasteiger partial charge in [0.1, 0.15) is 4.88 Å². The third-order valence-corrected chi connectivity index (χ3v) is 5.51. The van der Waals surface area contributed by atoms with Crippen LogP contribution in [-0.4, -0.2) is 12.5 Å². The van der Waals surface area contributed by atoms with Crippen LogP contribution in [0.25, 0.3) is 10.1 Å². The van der Waals surface area contributed by atoms with Crippen molar-refractivity contribution >= 4 is 48.9 Å². The van der Waals surface area contributed by atoms with E-state index in [1.807, 2.05) is 18.2 Å². The zero-order valence-corrected chi connectivity index (χ0v) is 12.8. The molecule has 5 heteroatoms. The number of nitrogen functional groups attached to an aromatic ring is 1. The summed E-state index contributed by atoms with van der Waals surface area (Å²) in [5.74, 6) is 0.615. The van der Waals surface area contributed by atoms with E-state index >= 15 is 0 Å². The zero-order valence-electron chi connectivity index (χ0n) is 10.4. The maximum Gasteiger partial charge on any atom is 0.263 e. The minimum Gasteiger partial charge on any atom is -0.397 e. The predicted molar refractivity (Wildman–Crippen MR) is 83.6 cm³/mol. The minimum atomic E-state index is -0.0440. The molecule has 1 fully saturated rings. The second-order valence-electron chi connectivity index (χ2n) is 4.96. The van der Waals surface area contributed by atoms with Crippen LogP contribution < -0.4 is 11.1 Å². The van der Waals surface area contributed by atoms with Gasteiger partial charge in [-0.15, -0.1) is 11.3 Å². The fraction of sp³-hybridized carbons (Fsp3) is 0.357. The number of carbonyl (C=O) groups excluding carboxylic acids is 1. The number of carbonyl (C=O) groups is 1. The highest BCUT2D eigenvalue weighted by Gasteiger charge is 2.21. The smallest absolute Gasteiger partial charge is 0.263 e. The molecule has 1 aromatic carbocycles. The molecular formula is C14H15BrN2OS. The van der Waals surface area contributed by atoms with Crippen molar-refractivity contribution in [3.05, 3.63) is 27.5 Å². The molecule has 1 heterocycles. The maximum atomic E-state index is 12.2. The first kappa shape index (κ1) is 12.9. The molecule has 19 heavy (non-hydrogen) atoms. The number of halogens is 1. The van der Waals surface area contributed by atoms with Gasteiger partial charge >= 0.3 is 0 Å². The molecule has 3 rings (SSSR count). The van der Waals surface area contributed by atoms with Gasteiger partial charge in [0.15, 0.2) is 0 Å². The number of thiophene rings is 1. The predicted octanol–water partition coefficient (Wildman–Crippen LogP) is 3.78. The summed E-state index contributed by atoms with van der Waals surface area (Å²) in [6.07, 6.45) is 3.75. The van der Waals surface area contributed by atoms with E-state index in [9.17, 15) is 4.79 Å². The summed E-state index contributed by atoms with van der Waals surface area (Å²) in [6, 6.07) is 5.89. The highest BCUT2D eigenvalue weighted by molar-refractivity contribution is 9.10. The van der Waals surface area contributed by atoms with Crippen LogP contribution in [-0.2, 0) is 0 Å². The third kappa shape index (κ3) is 2.37. The molecule has 0 unspecified atom stereocenters. The Labute approximate surface area is 124 Å². The number of nitrogens with one attached hydrogen (secondary N) is 1. The van der Waals surface area contributed by atoms with Crippen LogP contribution in [0, 0.1) is 5.92 Å². The molecule has 0 radical (unpaired) electrons. The Morgan fingerprint density at radius 2 is 2.26 bits per heavy atom. The maximum absolute atomic E-state index is 12.2. The zero-order chi connectivity index (χ0) is 13.4. The summed E-state index contributed by atoms with van der Waals surface area (Å²) in [5.41, 5.74) is 6.70. The largest absolute Gasteiger partial charge is 0.397 e.